The highest BCUT2D eigenvalue weighted by Crippen LogP contribution is 2.36. The van der Waals surface area contributed by atoms with E-state index in [1.54, 1.807) is 0 Å². The second kappa shape index (κ2) is 7.08. The summed E-state index contributed by atoms with van der Waals surface area (Å²) in [5, 5.41) is 3.46. The van der Waals surface area contributed by atoms with Crippen molar-refractivity contribution in [3.8, 4) is 0 Å². The SMILES string of the molecule is C=CCCC(NC)C1(OCC)CCCCC1. The molecule has 0 amide bonds. The van der Waals surface area contributed by atoms with Crippen molar-refractivity contribution in [2.45, 2.75) is 63.5 Å². The Morgan fingerprint density at radius 1 is 1.38 bits per heavy atom. The fourth-order valence-electron chi connectivity index (χ4n) is 2.99. The van der Waals surface area contributed by atoms with Crippen molar-refractivity contribution in [2.24, 2.45) is 0 Å². The molecule has 1 aliphatic carbocycles. The molecule has 0 radical (unpaired) electrons. The third-order valence-electron chi connectivity index (χ3n) is 3.77. The maximum atomic E-state index is 6.12. The second-order valence-electron chi connectivity index (χ2n) is 4.77. The lowest BCUT2D eigenvalue weighted by atomic mass is 9.77. The number of ether oxygens (including phenoxy) is 1. The smallest absolute Gasteiger partial charge is 0.0834 e. The Morgan fingerprint density at radius 2 is 2.06 bits per heavy atom. The van der Waals surface area contributed by atoms with Gasteiger partial charge in [0.15, 0.2) is 0 Å². The summed E-state index contributed by atoms with van der Waals surface area (Å²) in [6.45, 7) is 6.75. The lowest BCUT2D eigenvalue weighted by Gasteiger charge is -2.43. The van der Waals surface area contributed by atoms with Gasteiger partial charge in [-0.3, -0.25) is 0 Å². The molecule has 1 rings (SSSR count). The lowest BCUT2D eigenvalue weighted by molar-refractivity contribution is -0.0898. The highest BCUT2D eigenvalue weighted by atomic mass is 16.5. The van der Waals surface area contributed by atoms with Gasteiger partial charge in [-0.2, -0.15) is 0 Å². The fraction of sp³-hybridized carbons (Fsp3) is 0.857. The minimum Gasteiger partial charge on any atom is -0.374 e. The Hall–Kier alpha value is -0.340. The molecule has 0 aromatic carbocycles. The van der Waals surface area contributed by atoms with Crippen molar-refractivity contribution in [3.05, 3.63) is 12.7 Å². The van der Waals surface area contributed by atoms with Crippen molar-refractivity contribution >= 4 is 0 Å². The molecule has 0 bridgehead atoms. The number of nitrogens with one attached hydrogen (secondary N) is 1. The summed E-state index contributed by atoms with van der Waals surface area (Å²) >= 11 is 0. The van der Waals surface area contributed by atoms with Gasteiger partial charge in [-0.25, -0.2) is 0 Å². The number of hydrogen-bond acceptors (Lipinski definition) is 2. The number of likely N-dealkylation sites (N-methyl/N-ethyl adjacent to an activating group) is 1. The van der Waals surface area contributed by atoms with Crippen LogP contribution in [0.1, 0.15) is 51.9 Å². The summed E-state index contributed by atoms with van der Waals surface area (Å²) in [7, 11) is 2.06. The topological polar surface area (TPSA) is 21.3 Å². The predicted octanol–water partition coefficient (Wildman–Crippen LogP) is 3.28. The van der Waals surface area contributed by atoms with Crippen LogP contribution in [0.5, 0.6) is 0 Å². The molecular weight excluding hydrogens is 198 g/mol. The molecular formula is C14H27NO. The zero-order chi connectivity index (χ0) is 11.9. The van der Waals surface area contributed by atoms with Crippen molar-refractivity contribution in [3.63, 3.8) is 0 Å². The van der Waals surface area contributed by atoms with E-state index in [4.69, 9.17) is 4.74 Å². The van der Waals surface area contributed by atoms with Crippen molar-refractivity contribution in [2.75, 3.05) is 13.7 Å². The molecule has 1 aliphatic rings. The van der Waals surface area contributed by atoms with Gasteiger partial charge in [-0.05, 0) is 39.7 Å². The van der Waals surface area contributed by atoms with Crippen molar-refractivity contribution < 1.29 is 4.74 Å². The van der Waals surface area contributed by atoms with Crippen molar-refractivity contribution in [1.29, 1.82) is 0 Å². The minimum atomic E-state index is 0.0881. The predicted molar refractivity (Wildman–Crippen MR) is 69.7 cm³/mol. The number of hydrogen-bond donors (Lipinski definition) is 1. The Labute approximate surface area is 100 Å². The average Bonchev–Trinajstić information content (AvgIpc) is 2.31. The van der Waals surface area contributed by atoms with Gasteiger partial charge in [-0.1, -0.05) is 25.3 Å². The number of allylic oxidation sites excluding steroid dienone is 1. The molecule has 0 spiro atoms. The van der Waals surface area contributed by atoms with Crippen LogP contribution in [0.4, 0.5) is 0 Å². The first kappa shape index (κ1) is 13.7. The van der Waals surface area contributed by atoms with Crippen LogP contribution in [0.25, 0.3) is 0 Å². The Bertz CT molecular complexity index is 191. The molecule has 2 heteroatoms. The van der Waals surface area contributed by atoms with E-state index < -0.39 is 0 Å². The van der Waals surface area contributed by atoms with Crippen LogP contribution in [-0.2, 0) is 4.74 Å². The van der Waals surface area contributed by atoms with Gasteiger partial charge in [0.25, 0.3) is 0 Å². The average molecular weight is 225 g/mol. The molecule has 0 aliphatic heterocycles. The van der Waals surface area contributed by atoms with Crippen LogP contribution < -0.4 is 5.32 Å². The molecule has 94 valence electrons. The Morgan fingerprint density at radius 3 is 2.56 bits per heavy atom. The van der Waals surface area contributed by atoms with E-state index >= 15 is 0 Å². The highest BCUT2D eigenvalue weighted by Gasteiger charge is 2.39. The highest BCUT2D eigenvalue weighted by molar-refractivity contribution is 4.95. The monoisotopic (exact) mass is 225 g/mol. The van der Waals surface area contributed by atoms with Gasteiger partial charge in [0.1, 0.15) is 0 Å². The van der Waals surface area contributed by atoms with Gasteiger partial charge in [0.05, 0.1) is 5.60 Å². The van der Waals surface area contributed by atoms with E-state index in [1.165, 1.54) is 32.1 Å². The second-order valence-corrected chi connectivity index (χ2v) is 4.77. The largest absolute Gasteiger partial charge is 0.374 e. The quantitative estimate of drug-likeness (QED) is 0.671. The van der Waals surface area contributed by atoms with Crippen molar-refractivity contribution in [1.82, 2.24) is 5.32 Å². The van der Waals surface area contributed by atoms with Gasteiger partial charge in [0.2, 0.25) is 0 Å². The van der Waals surface area contributed by atoms with E-state index in [0.717, 1.165) is 19.4 Å². The van der Waals surface area contributed by atoms with Gasteiger partial charge in [0, 0.05) is 12.6 Å². The summed E-state index contributed by atoms with van der Waals surface area (Å²) in [4.78, 5) is 0. The van der Waals surface area contributed by atoms with E-state index in [0.29, 0.717) is 6.04 Å². The first-order chi connectivity index (χ1) is 7.79. The van der Waals surface area contributed by atoms with Crippen LogP contribution in [0.2, 0.25) is 0 Å². The van der Waals surface area contributed by atoms with Gasteiger partial charge >= 0.3 is 0 Å². The van der Waals surface area contributed by atoms with E-state index in [1.807, 2.05) is 6.08 Å². The minimum absolute atomic E-state index is 0.0881. The third kappa shape index (κ3) is 3.33. The lowest BCUT2D eigenvalue weighted by Crippen LogP contribution is -2.52. The molecule has 1 saturated carbocycles. The normalized spacial score (nSPS) is 21.6. The molecule has 0 aromatic rings. The Kier molecular flexibility index (Phi) is 6.07. The van der Waals surface area contributed by atoms with Crippen LogP contribution >= 0.6 is 0 Å². The molecule has 1 fully saturated rings. The fourth-order valence-corrected chi connectivity index (χ4v) is 2.99. The van der Waals surface area contributed by atoms with E-state index in [-0.39, 0.29) is 5.60 Å². The molecule has 2 nitrogen and oxygen atoms in total. The zero-order valence-electron chi connectivity index (χ0n) is 10.9. The zero-order valence-corrected chi connectivity index (χ0v) is 10.9. The molecule has 1 atom stereocenters. The summed E-state index contributed by atoms with van der Waals surface area (Å²) in [6, 6.07) is 0.478. The number of rotatable bonds is 7. The van der Waals surface area contributed by atoms with Crippen LogP contribution in [0, 0.1) is 0 Å². The van der Waals surface area contributed by atoms with Crippen LogP contribution in [-0.4, -0.2) is 25.3 Å². The molecule has 0 heterocycles. The maximum Gasteiger partial charge on any atom is 0.0834 e. The summed E-state index contributed by atoms with van der Waals surface area (Å²) in [5.41, 5.74) is 0.0881. The summed E-state index contributed by atoms with van der Waals surface area (Å²) < 4.78 is 6.12. The van der Waals surface area contributed by atoms with Crippen LogP contribution in [0.3, 0.4) is 0 Å². The molecule has 1 N–H and O–H groups in total. The third-order valence-corrected chi connectivity index (χ3v) is 3.77. The molecule has 1 unspecified atom stereocenters. The van der Waals surface area contributed by atoms with E-state index in [9.17, 15) is 0 Å². The molecule has 0 saturated heterocycles. The standard InChI is InChI=1S/C14H27NO/c1-4-6-10-13(15-3)14(16-5-2)11-8-7-9-12-14/h4,13,15H,1,5-12H2,2-3H3. The molecule has 16 heavy (non-hydrogen) atoms. The summed E-state index contributed by atoms with van der Waals surface area (Å²) in [6.07, 6.45) is 10.6. The van der Waals surface area contributed by atoms with Crippen LogP contribution in [0.15, 0.2) is 12.7 Å². The van der Waals surface area contributed by atoms with E-state index in [2.05, 4.69) is 25.9 Å². The first-order valence-corrected chi connectivity index (χ1v) is 6.71. The maximum absolute atomic E-state index is 6.12. The Balaban J connectivity index is 2.66. The van der Waals surface area contributed by atoms with Gasteiger partial charge in [-0.15, -0.1) is 6.58 Å². The summed E-state index contributed by atoms with van der Waals surface area (Å²) in [5.74, 6) is 0. The molecule has 0 aromatic heterocycles. The van der Waals surface area contributed by atoms with Gasteiger partial charge < -0.3 is 10.1 Å². The first-order valence-electron chi connectivity index (χ1n) is 6.71.